The number of aliphatic carboxylic acids is 1. The van der Waals surface area contributed by atoms with Crippen molar-refractivity contribution in [3.8, 4) is 11.8 Å². The number of carboxylic acid groups (broad SMARTS) is 1. The number of nitrogens with zero attached hydrogens (tertiary/aromatic N) is 1. The minimum absolute atomic E-state index is 0.187. The number of aliphatic hydroxyl groups is 1. The fourth-order valence-electron chi connectivity index (χ4n) is 3.36. The molecule has 0 radical (unpaired) electrons. The van der Waals surface area contributed by atoms with Gasteiger partial charge in [-0.25, -0.2) is 4.79 Å². The van der Waals surface area contributed by atoms with Gasteiger partial charge in [0, 0.05) is 17.5 Å². The third kappa shape index (κ3) is 8.43. The van der Waals surface area contributed by atoms with Crippen LogP contribution < -0.4 is 0 Å². The average Bonchev–Trinajstić information content (AvgIpc) is 2.79. The number of unbranched alkanes of at least 4 members (excludes halogenated alkanes) is 6. The van der Waals surface area contributed by atoms with Gasteiger partial charge in [-0.15, -0.1) is 0 Å². The third-order valence-corrected chi connectivity index (χ3v) is 5.12. The smallest absolute Gasteiger partial charge is 0.341 e. The van der Waals surface area contributed by atoms with Gasteiger partial charge >= 0.3 is 5.97 Å². The van der Waals surface area contributed by atoms with Crippen molar-refractivity contribution in [2.24, 2.45) is 4.99 Å². The van der Waals surface area contributed by atoms with E-state index in [9.17, 15) is 15.0 Å². The average molecular weight is 432 g/mol. The summed E-state index contributed by atoms with van der Waals surface area (Å²) in [4.78, 5) is 16.2. The molecule has 0 saturated carbocycles. The zero-order valence-electron chi connectivity index (χ0n) is 19.1. The van der Waals surface area contributed by atoms with Crippen molar-refractivity contribution >= 4 is 11.7 Å². The van der Waals surface area contributed by atoms with Gasteiger partial charge in [0.25, 0.3) is 0 Å². The molecule has 0 bridgehead atoms. The summed E-state index contributed by atoms with van der Waals surface area (Å²) < 4.78 is 0. The van der Waals surface area contributed by atoms with Crippen LogP contribution in [0.1, 0.15) is 75.5 Å². The molecule has 32 heavy (non-hydrogen) atoms. The zero-order valence-corrected chi connectivity index (χ0v) is 19.1. The van der Waals surface area contributed by atoms with Crippen molar-refractivity contribution in [1.82, 2.24) is 0 Å². The van der Waals surface area contributed by atoms with Crippen molar-refractivity contribution in [2.45, 2.75) is 65.3 Å². The van der Waals surface area contributed by atoms with Gasteiger partial charge < -0.3 is 10.2 Å². The van der Waals surface area contributed by atoms with E-state index < -0.39 is 5.97 Å². The Kier molecular flexibility index (Phi) is 10.8. The van der Waals surface area contributed by atoms with Crippen LogP contribution >= 0.6 is 0 Å². The SMILES string of the molecule is CCCCCCCCC#Cc1ccc(CN=C(C(C(=O)O)=C(C)O)c2ccccc2)cc1. The molecule has 4 nitrogen and oxygen atoms in total. The minimum atomic E-state index is -1.21. The molecule has 2 aromatic carbocycles. The fourth-order valence-corrected chi connectivity index (χ4v) is 3.36. The first-order valence-electron chi connectivity index (χ1n) is 11.3. The van der Waals surface area contributed by atoms with Gasteiger partial charge in [0.05, 0.1) is 12.3 Å². The van der Waals surface area contributed by atoms with E-state index in [-0.39, 0.29) is 17.0 Å². The molecule has 4 heteroatoms. The number of rotatable bonds is 11. The maximum Gasteiger partial charge on any atom is 0.341 e. The second kappa shape index (κ2) is 13.9. The molecule has 2 aromatic rings. The van der Waals surface area contributed by atoms with E-state index in [1.54, 1.807) is 12.1 Å². The Balaban J connectivity index is 2.04. The minimum Gasteiger partial charge on any atom is -0.512 e. The lowest BCUT2D eigenvalue weighted by atomic mass is 10.0. The second-order valence-electron chi connectivity index (χ2n) is 7.81. The van der Waals surface area contributed by atoms with Gasteiger partial charge in [0.15, 0.2) is 0 Å². The van der Waals surface area contributed by atoms with Gasteiger partial charge in [0.1, 0.15) is 11.3 Å². The first-order chi connectivity index (χ1) is 15.5. The first kappa shape index (κ1) is 24.9. The second-order valence-corrected chi connectivity index (χ2v) is 7.81. The highest BCUT2D eigenvalue weighted by atomic mass is 16.4. The fraction of sp³-hybridized carbons (Fsp3) is 0.357. The first-order valence-corrected chi connectivity index (χ1v) is 11.3. The Bertz CT molecular complexity index is 973. The van der Waals surface area contributed by atoms with Gasteiger partial charge in [-0.2, -0.15) is 0 Å². The summed E-state index contributed by atoms with van der Waals surface area (Å²) >= 11 is 0. The molecule has 2 N–H and O–H groups in total. The van der Waals surface area contributed by atoms with E-state index in [2.05, 4.69) is 23.8 Å². The van der Waals surface area contributed by atoms with Gasteiger partial charge in [0.2, 0.25) is 0 Å². The maximum atomic E-state index is 11.7. The van der Waals surface area contributed by atoms with E-state index in [0.717, 1.165) is 24.0 Å². The standard InChI is InChI=1S/C28H33NO3/c1-3-4-5-6-7-8-9-11-14-23-17-19-24(20-18-23)21-29-27(25-15-12-10-13-16-25)26(22(2)30)28(31)32/h10,12-13,15-20,30H,3-9,21H2,1-2H3,(H,31,32). The van der Waals surface area contributed by atoms with E-state index in [1.165, 1.54) is 39.0 Å². The number of carboxylic acids is 1. The number of aliphatic hydroxyl groups excluding tert-OH is 1. The van der Waals surface area contributed by atoms with Crippen molar-refractivity contribution in [2.75, 3.05) is 0 Å². The van der Waals surface area contributed by atoms with Gasteiger partial charge in [-0.1, -0.05) is 93.3 Å². The molecule has 0 atom stereocenters. The number of allylic oxidation sites excluding steroid dienone is 1. The largest absolute Gasteiger partial charge is 0.512 e. The van der Waals surface area contributed by atoms with Crippen LogP contribution in [0.3, 0.4) is 0 Å². The van der Waals surface area contributed by atoms with Gasteiger partial charge in [-0.05, 0) is 31.0 Å². The molecule has 0 spiro atoms. The number of carbonyl (C=O) groups is 1. The summed E-state index contributed by atoms with van der Waals surface area (Å²) in [5.74, 6) is 4.98. The van der Waals surface area contributed by atoms with E-state index in [1.807, 2.05) is 42.5 Å². The summed E-state index contributed by atoms with van der Waals surface area (Å²) in [6, 6.07) is 16.9. The highest BCUT2D eigenvalue weighted by Gasteiger charge is 2.20. The lowest BCUT2D eigenvalue weighted by Crippen LogP contribution is -2.16. The molecule has 0 aliphatic heterocycles. The molecule has 0 fully saturated rings. The Labute approximate surface area is 191 Å². The van der Waals surface area contributed by atoms with Crippen LogP contribution in [0.15, 0.2) is 70.9 Å². The Hall–Kier alpha value is -3.32. The number of hydrogen-bond acceptors (Lipinski definition) is 3. The molecule has 168 valence electrons. The predicted molar refractivity (Wildman–Crippen MR) is 131 cm³/mol. The number of aliphatic imine (C=N–C) groups is 1. The third-order valence-electron chi connectivity index (χ3n) is 5.12. The van der Waals surface area contributed by atoms with E-state index >= 15 is 0 Å². The lowest BCUT2D eigenvalue weighted by Gasteiger charge is -2.09. The Morgan fingerprint density at radius 1 is 0.906 bits per heavy atom. The van der Waals surface area contributed by atoms with Crippen LogP contribution in [0.4, 0.5) is 0 Å². The number of benzene rings is 2. The zero-order chi connectivity index (χ0) is 23.2. The quantitative estimate of drug-likeness (QED) is 0.137. The molecule has 2 rings (SSSR count). The van der Waals surface area contributed by atoms with Crippen molar-refractivity contribution in [1.29, 1.82) is 0 Å². The molecule has 0 saturated heterocycles. The number of hydrogen-bond donors (Lipinski definition) is 2. The van der Waals surface area contributed by atoms with Crippen molar-refractivity contribution in [3.05, 3.63) is 82.6 Å². The molecule has 0 aliphatic rings. The van der Waals surface area contributed by atoms with Crippen LogP contribution in [-0.2, 0) is 11.3 Å². The van der Waals surface area contributed by atoms with Crippen LogP contribution in [0.5, 0.6) is 0 Å². The van der Waals surface area contributed by atoms with Crippen LogP contribution in [0, 0.1) is 11.8 Å². The van der Waals surface area contributed by atoms with E-state index in [4.69, 9.17) is 0 Å². The van der Waals surface area contributed by atoms with Crippen LogP contribution in [0.2, 0.25) is 0 Å². The topological polar surface area (TPSA) is 69.9 Å². The molecule has 0 amide bonds. The molecule has 0 unspecified atom stereocenters. The summed E-state index contributed by atoms with van der Waals surface area (Å²) in [5.41, 5.74) is 2.63. The summed E-state index contributed by atoms with van der Waals surface area (Å²) in [7, 11) is 0. The summed E-state index contributed by atoms with van der Waals surface area (Å²) in [5, 5.41) is 19.5. The maximum absolute atomic E-state index is 11.7. The predicted octanol–water partition coefficient (Wildman–Crippen LogP) is 6.69. The monoisotopic (exact) mass is 431 g/mol. The molecule has 0 heterocycles. The Morgan fingerprint density at radius 2 is 1.56 bits per heavy atom. The van der Waals surface area contributed by atoms with Crippen LogP contribution in [-0.4, -0.2) is 21.9 Å². The molecule has 0 aromatic heterocycles. The normalized spacial score (nSPS) is 12.0. The lowest BCUT2D eigenvalue weighted by molar-refractivity contribution is -0.132. The highest BCUT2D eigenvalue weighted by molar-refractivity contribution is 6.26. The van der Waals surface area contributed by atoms with Crippen molar-refractivity contribution < 1.29 is 15.0 Å². The molecular weight excluding hydrogens is 398 g/mol. The van der Waals surface area contributed by atoms with Crippen LogP contribution in [0.25, 0.3) is 0 Å². The highest BCUT2D eigenvalue weighted by Crippen LogP contribution is 2.15. The molecule has 0 aliphatic carbocycles. The summed E-state index contributed by atoms with van der Waals surface area (Å²) in [6.07, 6.45) is 8.52. The molecular formula is C28H33NO3. The van der Waals surface area contributed by atoms with Crippen molar-refractivity contribution in [3.63, 3.8) is 0 Å². The van der Waals surface area contributed by atoms with E-state index in [0.29, 0.717) is 12.1 Å². The van der Waals surface area contributed by atoms with Gasteiger partial charge in [-0.3, -0.25) is 4.99 Å². The Morgan fingerprint density at radius 3 is 2.19 bits per heavy atom. The summed E-state index contributed by atoms with van der Waals surface area (Å²) in [6.45, 7) is 3.89.